The summed E-state index contributed by atoms with van der Waals surface area (Å²) in [5.74, 6) is -0.837. The van der Waals surface area contributed by atoms with Crippen molar-refractivity contribution in [3.63, 3.8) is 0 Å². The molecule has 5 heteroatoms. The van der Waals surface area contributed by atoms with Gasteiger partial charge in [-0.1, -0.05) is 18.2 Å². The quantitative estimate of drug-likeness (QED) is 0.858. The molecule has 0 spiro atoms. The van der Waals surface area contributed by atoms with E-state index < -0.39 is 5.97 Å². The summed E-state index contributed by atoms with van der Waals surface area (Å²) in [5.41, 5.74) is 0.847. The van der Waals surface area contributed by atoms with Crippen molar-refractivity contribution in [1.29, 1.82) is 0 Å². The standard InChI is InChI=1S/C14H20N2O3/c1-3-16(12-8-5-4-6-9-12)14(19)15(2)11-7-10-13(17)18/h4-6,8-9H,3,7,10-11H2,1-2H3,(H,17,18). The Hall–Kier alpha value is -2.04. The van der Waals surface area contributed by atoms with Gasteiger partial charge in [0.25, 0.3) is 0 Å². The molecule has 2 amide bonds. The normalized spacial score (nSPS) is 10.0. The van der Waals surface area contributed by atoms with Crippen LogP contribution in [0.5, 0.6) is 0 Å². The van der Waals surface area contributed by atoms with Crippen LogP contribution in [-0.4, -0.2) is 42.1 Å². The number of carboxylic acid groups (broad SMARTS) is 1. The summed E-state index contributed by atoms with van der Waals surface area (Å²) < 4.78 is 0. The van der Waals surface area contributed by atoms with E-state index in [-0.39, 0.29) is 12.5 Å². The number of carboxylic acids is 1. The van der Waals surface area contributed by atoms with Crippen molar-refractivity contribution >= 4 is 17.7 Å². The lowest BCUT2D eigenvalue weighted by atomic mass is 10.3. The molecule has 0 heterocycles. The van der Waals surface area contributed by atoms with Gasteiger partial charge in [0.15, 0.2) is 0 Å². The highest BCUT2D eigenvalue weighted by molar-refractivity contribution is 5.91. The van der Waals surface area contributed by atoms with Gasteiger partial charge in [-0.15, -0.1) is 0 Å². The summed E-state index contributed by atoms with van der Waals surface area (Å²) in [7, 11) is 1.69. The number of amides is 2. The summed E-state index contributed by atoms with van der Waals surface area (Å²) in [4.78, 5) is 25.9. The van der Waals surface area contributed by atoms with Crippen LogP contribution in [0.2, 0.25) is 0 Å². The van der Waals surface area contributed by atoms with E-state index in [9.17, 15) is 9.59 Å². The Morgan fingerprint density at radius 2 is 1.84 bits per heavy atom. The van der Waals surface area contributed by atoms with E-state index in [1.165, 1.54) is 0 Å². The maximum absolute atomic E-state index is 12.3. The molecule has 1 aromatic carbocycles. The molecule has 0 saturated carbocycles. The first-order chi connectivity index (χ1) is 9.06. The molecule has 0 aliphatic heterocycles. The molecule has 0 bridgehead atoms. The second kappa shape index (κ2) is 7.41. The van der Waals surface area contributed by atoms with Gasteiger partial charge in [0, 0.05) is 32.2 Å². The molecule has 0 fully saturated rings. The van der Waals surface area contributed by atoms with E-state index in [0.717, 1.165) is 5.69 Å². The van der Waals surface area contributed by atoms with E-state index in [2.05, 4.69) is 0 Å². The Labute approximate surface area is 113 Å². The predicted molar refractivity (Wildman–Crippen MR) is 74.4 cm³/mol. The molecule has 0 unspecified atom stereocenters. The van der Waals surface area contributed by atoms with Crippen LogP contribution in [0, 0.1) is 0 Å². The monoisotopic (exact) mass is 264 g/mol. The van der Waals surface area contributed by atoms with Crippen LogP contribution in [0.15, 0.2) is 30.3 Å². The average Bonchev–Trinajstić information content (AvgIpc) is 2.40. The van der Waals surface area contributed by atoms with E-state index in [1.54, 1.807) is 16.8 Å². The number of benzene rings is 1. The largest absolute Gasteiger partial charge is 0.481 e. The topological polar surface area (TPSA) is 60.9 Å². The molecule has 0 aromatic heterocycles. The lowest BCUT2D eigenvalue weighted by Crippen LogP contribution is -2.41. The zero-order chi connectivity index (χ0) is 14.3. The van der Waals surface area contributed by atoms with Gasteiger partial charge >= 0.3 is 12.0 Å². The fourth-order valence-electron chi connectivity index (χ4n) is 1.81. The molecule has 0 aliphatic rings. The zero-order valence-electron chi connectivity index (χ0n) is 11.4. The van der Waals surface area contributed by atoms with Gasteiger partial charge in [0.05, 0.1) is 0 Å². The zero-order valence-corrected chi connectivity index (χ0v) is 11.4. The Morgan fingerprint density at radius 3 is 2.37 bits per heavy atom. The second-order valence-electron chi connectivity index (χ2n) is 4.28. The van der Waals surface area contributed by atoms with Gasteiger partial charge < -0.3 is 10.0 Å². The van der Waals surface area contributed by atoms with Crippen molar-refractivity contribution in [2.75, 3.05) is 25.0 Å². The van der Waals surface area contributed by atoms with Crippen molar-refractivity contribution in [3.8, 4) is 0 Å². The van der Waals surface area contributed by atoms with Crippen LogP contribution >= 0.6 is 0 Å². The Balaban J connectivity index is 2.61. The highest BCUT2D eigenvalue weighted by atomic mass is 16.4. The van der Waals surface area contributed by atoms with Crippen molar-refractivity contribution in [1.82, 2.24) is 4.90 Å². The fraction of sp³-hybridized carbons (Fsp3) is 0.429. The highest BCUT2D eigenvalue weighted by Gasteiger charge is 2.17. The Bertz CT molecular complexity index is 420. The summed E-state index contributed by atoms with van der Waals surface area (Å²) in [6.07, 6.45) is 0.541. The van der Waals surface area contributed by atoms with Gasteiger partial charge in [0.2, 0.25) is 0 Å². The maximum atomic E-state index is 12.3. The first-order valence-electron chi connectivity index (χ1n) is 6.35. The summed E-state index contributed by atoms with van der Waals surface area (Å²) >= 11 is 0. The minimum Gasteiger partial charge on any atom is -0.481 e. The van der Waals surface area contributed by atoms with E-state index in [0.29, 0.717) is 19.5 Å². The van der Waals surface area contributed by atoms with Gasteiger partial charge in [-0.3, -0.25) is 9.69 Å². The number of urea groups is 1. The van der Waals surface area contributed by atoms with Crippen LogP contribution in [0.4, 0.5) is 10.5 Å². The van der Waals surface area contributed by atoms with Crippen LogP contribution < -0.4 is 4.90 Å². The lowest BCUT2D eigenvalue weighted by molar-refractivity contribution is -0.137. The number of carbonyl (C=O) groups excluding carboxylic acids is 1. The molecule has 0 radical (unpaired) electrons. The van der Waals surface area contributed by atoms with Crippen LogP contribution in [-0.2, 0) is 4.79 Å². The van der Waals surface area contributed by atoms with Gasteiger partial charge in [-0.25, -0.2) is 4.79 Å². The number of aliphatic carboxylic acids is 1. The maximum Gasteiger partial charge on any atom is 0.324 e. The fourth-order valence-corrected chi connectivity index (χ4v) is 1.81. The average molecular weight is 264 g/mol. The number of para-hydroxylation sites is 1. The minimum absolute atomic E-state index is 0.0785. The van der Waals surface area contributed by atoms with Crippen molar-refractivity contribution in [2.24, 2.45) is 0 Å². The van der Waals surface area contributed by atoms with Crippen molar-refractivity contribution < 1.29 is 14.7 Å². The van der Waals surface area contributed by atoms with Gasteiger partial charge in [-0.2, -0.15) is 0 Å². The smallest absolute Gasteiger partial charge is 0.324 e. The number of hydrogen-bond donors (Lipinski definition) is 1. The molecule has 5 nitrogen and oxygen atoms in total. The molecular weight excluding hydrogens is 244 g/mol. The van der Waals surface area contributed by atoms with Crippen molar-refractivity contribution in [3.05, 3.63) is 30.3 Å². The SMILES string of the molecule is CCN(C(=O)N(C)CCCC(=O)O)c1ccccc1. The van der Waals surface area contributed by atoms with Crippen LogP contribution in [0.1, 0.15) is 19.8 Å². The molecule has 19 heavy (non-hydrogen) atoms. The molecule has 1 rings (SSSR count). The van der Waals surface area contributed by atoms with Gasteiger partial charge in [-0.05, 0) is 25.5 Å². The van der Waals surface area contributed by atoms with E-state index in [4.69, 9.17) is 5.11 Å². The predicted octanol–water partition coefficient (Wildman–Crippen LogP) is 2.43. The molecule has 0 aliphatic carbocycles. The van der Waals surface area contributed by atoms with E-state index in [1.807, 2.05) is 37.3 Å². The lowest BCUT2D eigenvalue weighted by Gasteiger charge is -2.27. The number of hydrogen-bond acceptors (Lipinski definition) is 2. The third-order valence-electron chi connectivity index (χ3n) is 2.83. The third kappa shape index (κ3) is 4.62. The highest BCUT2D eigenvalue weighted by Crippen LogP contribution is 2.14. The number of carbonyl (C=O) groups is 2. The molecular formula is C14H20N2O3. The second-order valence-corrected chi connectivity index (χ2v) is 4.28. The van der Waals surface area contributed by atoms with Crippen LogP contribution in [0.3, 0.4) is 0 Å². The molecule has 104 valence electrons. The number of nitrogens with zero attached hydrogens (tertiary/aromatic N) is 2. The van der Waals surface area contributed by atoms with Crippen LogP contribution in [0.25, 0.3) is 0 Å². The van der Waals surface area contributed by atoms with E-state index >= 15 is 0 Å². The molecule has 0 atom stereocenters. The third-order valence-corrected chi connectivity index (χ3v) is 2.83. The minimum atomic E-state index is -0.837. The Kier molecular flexibility index (Phi) is 5.85. The molecule has 1 aromatic rings. The number of rotatable bonds is 6. The Morgan fingerprint density at radius 1 is 1.21 bits per heavy atom. The first kappa shape index (κ1) is 15.0. The summed E-state index contributed by atoms with van der Waals surface area (Å²) in [5, 5.41) is 8.58. The van der Waals surface area contributed by atoms with Gasteiger partial charge in [0.1, 0.15) is 0 Å². The summed E-state index contributed by atoms with van der Waals surface area (Å²) in [6.45, 7) is 2.93. The number of anilines is 1. The van der Waals surface area contributed by atoms with Crippen molar-refractivity contribution in [2.45, 2.75) is 19.8 Å². The molecule has 0 saturated heterocycles. The first-order valence-corrected chi connectivity index (χ1v) is 6.35. The molecule has 1 N–H and O–H groups in total. The summed E-state index contributed by atoms with van der Waals surface area (Å²) in [6, 6.07) is 9.32.